The van der Waals surface area contributed by atoms with Crippen molar-refractivity contribution in [1.29, 1.82) is 0 Å². The van der Waals surface area contributed by atoms with E-state index < -0.39 is 0 Å². The normalized spacial score (nSPS) is 16.0. The summed E-state index contributed by atoms with van der Waals surface area (Å²) < 4.78 is 14.4. The molecule has 222 valence electrons. The summed E-state index contributed by atoms with van der Waals surface area (Å²) in [5, 5.41) is 0.612. The van der Waals surface area contributed by atoms with E-state index in [1.165, 1.54) is 4.90 Å². The zero-order chi connectivity index (χ0) is 29.6. The number of amides is 2. The Morgan fingerprint density at radius 2 is 1.67 bits per heavy atom. The standard InChI is InChI=1S/C31H34Cl2N4O4S/c1-3-42-34-24-10-8-22(9-11-24)21-4-6-23(7-5-21)28(18-36-12-14-40-15-13-36)35(2)30(38)19-37-27-16-25(32)26(33)17-29(27)41-20-31(37)39/h4-11,16-17,28,34H,3,12-15,18-20H2,1-2H3. The molecule has 0 radical (unpaired) electrons. The van der Waals surface area contributed by atoms with E-state index in [0.717, 1.165) is 41.2 Å². The third-order valence-corrected chi connectivity index (χ3v) is 8.87. The number of anilines is 2. The van der Waals surface area contributed by atoms with E-state index in [1.807, 2.05) is 0 Å². The summed E-state index contributed by atoms with van der Waals surface area (Å²) in [6.07, 6.45) is 0. The number of hydrogen-bond donors (Lipinski definition) is 1. The van der Waals surface area contributed by atoms with E-state index in [2.05, 4.69) is 65.1 Å². The van der Waals surface area contributed by atoms with Gasteiger partial charge in [-0.1, -0.05) is 78.5 Å². The van der Waals surface area contributed by atoms with Gasteiger partial charge in [-0.3, -0.25) is 19.4 Å². The molecule has 8 nitrogen and oxygen atoms in total. The smallest absolute Gasteiger partial charge is 0.265 e. The Kier molecular flexibility index (Phi) is 10.2. The summed E-state index contributed by atoms with van der Waals surface area (Å²) in [7, 11) is 1.79. The van der Waals surface area contributed by atoms with E-state index in [9.17, 15) is 9.59 Å². The van der Waals surface area contributed by atoms with Crippen LogP contribution in [0.15, 0.2) is 60.7 Å². The van der Waals surface area contributed by atoms with E-state index in [4.69, 9.17) is 32.7 Å². The first-order valence-electron chi connectivity index (χ1n) is 13.9. The Bertz CT molecular complexity index is 1400. The molecule has 1 unspecified atom stereocenters. The number of nitrogens with zero attached hydrogens (tertiary/aromatic N) is 3. The number of likely N-dealkylation sites (N-methyl/N-ethyl adjacent to an activating group) is 1. The van der Waals surface area contributed by atoms with Gasteiger partial charge in [-0.2, -0.15) is 0 Å². The van der Waals surface area contributed by atoms with Crippen molar-refractivity contribution in [1.82, 2.24) is 9.80 Å². The average Bonchev–Trinajstić information content (AvgIpc) is 3.01. The molecule has 1 N–H and O–H groups in total. The van der Waals surface area contributed by atoms with Gasteiger partial charge in [-0.15, -0.1) is 0 Å². The van der Waals surface area contributed by atoms with Crippen LogP contribution in [0, 0.1) is 0 Å². The number of ether oxygens (including phenoxy) is 2. The number of halogens is 2. The van der Waals surface area contributed by atoms with Gasteiger partial charge in [0.25, 0.3) is 5.91 Å². The largest absolute Gasteiger partial charge is 0.482 e. The summed E-state index contributed by atoms with van der Waals surface area (Å²) in [6.45, 7) is 5.35. The van der Waals surface area contributed by atoms with Gasteiger partial charge in [0.2, 0.25) is 5.91 Å². The van der Waals surface area contributed by atoms with Crippen molar-refractivity contribution < 1.29 is 19.1 Å². The Hall–Kier alpha value is -2.95. The first-order valence-corrected chi connectivity index (χ1v) is 15.6. The minimum absolute atomic E-state index is 0.141. The minimum Gasteiger partial charge on any atom is -0.482 e. The maximum absolute atomic E-state index is 13.8. The van der Waals surface area contributed by atoms with Crippen molar-refractivity contribution in [3.05, 3.63) is 76.3 Å². The molecule has 11 heteroatoms. The third kappa shape index (κ3) is 7.15. The lowest BCUT2D eigenvalue weighted by molar-refractivity contribution is -0.133. The fourth-order valence-corrected chi connectivity index (χ4v) is 5.81. The molecule has 2 aliphatic rings. The monoisotopic (exact) mass is 628 g/mol. The van der Waals surface area contributed by atoms with Crippen LogP contribution >= 0.6 is 35.1 Å². The van der Waals surface area contributed by atoms with Gasteiger partial charge < -0.3 is 19.1 Å². The topological polar surface area (TPSA) is 74.4 Å². The Labute approximate surface area is 261 Å². The number of nitrogens with one attached hydrogen (secondary N) is 1. The molecule has 0 bridgehead atoms. The Balaban J connectivity index is 1.36. The maximum Gasteiger partial charge on any atom is 0.265 e. The molecule has 0 spiro atoms. The summed E-state index contributed by atoms with van der Waals surface area (Å²) in [6, 6.07) is 19.6. The molecule has 5 rings (SSSR count). The SMILES string of the molecule is CCSNc1ccc(-c2ccc(C(CN3CCOCC3)N(C)C(=O)CN3C(=O)COc4cc(Cl)c(Cl)cc43)cc2)cc1. The van der Waals surface area contributed by atoms with Gasteiger partial charge in [0.15, 0.2) is 6.61 Å². The molecule has 3 aromatic carbocycles. The maximum atomic E-state index is 13.8. The van der Waals surface area contributed by atoms with Gasteiger partial charge in [-0.05, 0) is 34.9 Å². The summed E-state index contributed by atoms with van der Waals surface area (Å²) in [5.41, 5.74) is 4.73. The molecule has 3 aromatic rings. The summed E-state index contributed by atoms with van der Waals surface area (Å²) in [5.74, 6) is 0.905. The van der Waals surface area contributed by atoms with Gasteiger partial charge >= 0.3 is 0 Å². The van der Waals surface area contributed by atoms with Crippen LogP contribution in [-0.2, 0) is 14.3 Å². The number of hydrogen-bond acceptors (Lipinski definition) is 7. The van der Waals surface area contributed by atoms with Crippen LogP contribution in [0.4, 0.5) is 11.4 Å². The second kappa shape index (κ2) is 14.0. The quantitative estimate of drug-likeness (QED) is 0.276. The molecular weight excluding hydrogens is 595 g/mol. The number of carbonyl (C=O) groups excluding carboxylic acids is 2. The average molecular weight is 630 g/mol. The fourth-order valence-electron chi connectivity index (χ4n) is 5.05. The van der Waals surface area contributed by atoms with Crippen LogP contribution in [0.1, 0.15) is 18.5 Å². The highest BCUT2D eigenvalue weighted by Crippen LogP contribution is 2.39. The number of rotatable bonds is 10. The molecule has 1 saturated heterocycles. The van der Waals surface area contributed by atoms with Crippen molar-refractivity contribution in [2.24, 2.45) is 0 Å². The first kappa shape index (κ1) is 30.5. The molecule has 1 atom stereocenters. The van der Waals surface area contributed by atoms with Crippen LogP contribution in [0.2, 0.25) is 10.0 Å². The molecule has 1 fully saturated rings. The summed E-state index contributed by atoms with van der Waals surface area (Å²) in [4.78, 5) is 32.1. The van der Waals surface area contributed by atoms with Gasteiger partial charge in [-0.25, -0.2) is 0 Å². The van der Waals surface area contributed by atoms with E-state index in [0.29, 0.717) is 36.2 Å². The highest BCUT2D eigenvalue weighted by molar-refractivity contribution is 8.00. The number of fused-ring (bicyclic) bond motifs is 1. The molecule has 0 aliphatic carbocycles. The molecule has 2 aliphatic heterocycles. The van der Waals surface area contributed by atoms with E-state index >= 15 is 0 Å². The molecule has 0 saturated carbocycles. The van der Waals surface area contributed by atoms with Gasteiger partial charge in [0.1, 0.15) is 12.3 Å². The molecule has 2 heterocycles. The minimum atomic E-state index is -0.314. The second-order valence-corrected chi connectivity index (χ2v) is 12.1. The third-order valence-electron chi connectivity index (χ3n) is 7.48. The molecule has 2 amide bonds. The Morgan fingerprint density at radius 3 is 2.33 bits per heavy atom. The molecule has 0 aromatic heterocycles. The van der Waals surface area contributed by atoms with Crippen molar-refractivity contribution in [2.45, 2.75) is 13.0 Å². The van der Waals surface area contributed by atoms with Crippen molar-refractivity contribution in [3.63, 3.8) is 0 Å². The Morgan fingerprint density at radius 1 is 1.02 bits per heavy atom. The zero-order valence-corrected chi connectivity index (χ0v) is 26.0. The lowest BCUT2D eigenvalue weighted by atomic mass is 9.99. The zero-order valence-electron chi connectivity index (χ0n) is 23.6. The predicted molar refractivity (Wildman–Crippen MR) is 171 cm³/mol. The molecule has 42 heavy (non-hydrogen) atoms. The summed E-state index contributed by atoms with van der Waals surface area (Å²) >= 11 is 14.1. The number of carbonyl (C=O) groups is 2. The highest BCUT2D eigenvalue weighted by atomic mass is 35.5. The van der Waals surface area contributed by atoms with Crippen LogP contribution in [0.25, 0.3) is 11.1 Å². The first-order chi connectivity index (χ1) is 20.3. The fraction of sp³-hybridized carbons (Fsp3) is 0.355. The van der Waals surface area contributed by atoms with Crippen molar-refractivity contribution in [2.75, 3.05) is 68.4 Å². The van der Waals surface area contributed by atoms with Crippen LogP contribution in [0.3, 0.4) is 0 Å². The van der Waals surface area contributed by atoms with Crippen molar-refractivity contribution in [3.8, 4) is 16.9 Å². The number of morpholine rings is 1. The van der Waals surface area contributed by atoms with E-state index in [-0.39, 0.29) is 36.0 Å². The lowest BCUT2D eigenvalue weighted by Crippen LogP contribution is -2.48. The highest BCUT2D eigenvalue weighted by Gasteiger charge is 2.32. The van der Waals surface area contributed by atoms with E-state index in [1.54, 1.807) is 36.0 Å². The van der Waals surface area contributed by atoms with Gasteiger partial charge in [0.05, 0.1) is 35.0 Å². The van der Waals surface area contributed by atoms with Crippen molar-refractivity contribution >= 4 is 58.3 Å². The number of benzene rings is 3. The van der Waals surface area contributed by atoms with Gasteiger partial charge in [0, 0.05) is 44.2 Å². The van der Waals surface area contributed by atoms with Crippen LogP contribution in [0.5, 0.6) is 5.75 Å². The lowest BCUT2D eigenvalue weighted by Gasteiger charge is -2.37. The second-order valence-electron chi connectivity index (χ2n) is 10.2. The molecular formula is C31H34Cl2N4O4S. The predicted octanol–water partition coefficient (Wildman–Crippen LogP) is 6.00. The van der Waals surface area contributed by atoms with Crippen LogP contribution < -0.4 is 14.4 Å². The van der Waals surface area contributed by atoms with Crippen LogP contribution in [-0.4, -0.2) is 80.4 Å².